The molecule has 1 saturated heterocycles. The fraction of sp³-hybridized carbons (Fsp3) is 0.800. The van der Waals surface area contributed by atoms with E-state index in [1.165, 1.54) is 12.8 Å². The quantitative estimate of drug-likeness (QED) is 0.362. The third-order valence-electron chi connectivity index (χ3n) is 6.56. The highest BCUT2D eigenvalue weighted by Crippen LogP contribution is 2.69. The molecule has 3 saturated carbocycles. The number of allylic oxidation sites excluding steroid dienone is 2. The molecular weight excluding hydrogens is 212 g/mol. The molecule has 4 aliphatic carbocycles. The minimum Gasteiger partial charge on any atom is -0.465 e. The van der Waals surface area contributed by atoms with Crippen LogP contribution >= 0.6 is 0 Å². The Morgan fingerprint density at radius 3 is 2.59 bits per heavy atom. The van der Waals surface area contributed by atoms with Crippen LogP contribution in [0.3, 0.4) is 0 Å². The molecule has 0 spiro atoms. The van der Waals surface area contributed by atoms with Gasteiger partial charge < -0.3 is 4.74 Å². The van der Waals surface area contributed by atoms with Crippen molar-refractivity contribution in [2.75, 3.05) is 6.61 Å². The molecule has 1 heterocycles. The van der Waals surface area contributed by atoms with E-state index in [1.54, 1.807) is 0 Å². The van der Waals surface area contributed by atoms with Crippen molar-refractivity contribution < 1.29 is 9.53 Å². The molecule has 0 radical (unpaired) electrons. The van der Waals surface area contributed by atoms with E-state index in [2.05, 4.69) is 12.2 Å². The first-order valence-corrected chi connectivity index (χ1v) is 7.19. The highest BCUT2D eigenvalue weighted by atomic mass is 16.5. The average Bonchev–Trinajstić information content (AvgIpc) is 3.07. The molecule has 0 amide bonds. The predicted molar refractivity (Wildman–Crippen MR) is 61.9 cm³/mol. The number of carbonyl (C=O) groups is 1. The summed E-state index contributed by atoms with van der Waals surface area (Å²) in [6.07, 6.45) is 8.77. The zero-order valence-electron chi connectivity index (χ0n) is 9.92. The molecule has 90 valence electrons. The van der Waals surface area contributed by atoms with E-state index in [0.29, 0.717) is 18.4 Å². The molecule has 0 aromatic heterocycles. The first kappa shape index (κ1) is 9.18. The standard InChI is InChI=1S/C15H18O2/c16-15-14-9(3-4-17-15)10-6-11(14)13-8-2-1-7(5-8)12(10)13/h1-2,7-14H,3-6H2. The highest BCUT2D eigenvalue weighted by Gasteiger charge is 2.66. The molecule has 0 N–H and O–H groups in total. The topological polar surface area (TPSA) is 26.3 Å². The Labute approximate surface area is 101 Å². The van der Waals surface area contributed by atoms with Crippen molar-refractivity contribution in [2.45, 2.75) is 19.3 Å². The van der Waals surface area contributed by atoms with Crippen LogP contribution in [0.2, 0.25) is 0 Å². The molecule has 8 unspecified atom stereocenters. The fourth-order valence-corrected chi connectivity index (χ4v) is 6.30. The largest absolute Gasteiger partial charge is 0.465 e. The van der Waals surface area contributed by atoms with Crippen molar-refractivity contribution in [1.29, 1.82) is 0 Å². The fourth-order valence-electron chi connectivity index (χ4n) is 6.30. The number of ether oxygens (including phenoxy) is 1. The second-order valence-electron chi connectivity index (χ2n) is 6.81. The van der Waals surface area contributed by atoms with Gasteiger partial charge in [0, 0.05) is 0 Å². The Hall–Kier alpha value is -0.790. The van der Waals surface area contributed by atoms with Gasteiger partial charge in [0.25, 0.3) is 0 Å². The summed E-state index contributed by atoms with van der Waals surface area (Å²) in [6.45, 7) is 0.685. The average molecular weight is 230 g/mol. The smallest absolute Gasteiger partial charge is 0.309 e. The number of cyclic esters (lactones) is 1. The monoisotopic (exact) mass is 230 g/mol. The third-order valence-corrected chi connectivity index (χ3v) is 6.56. The molecule has 0 aromatic carbocycles. The highest BCUT2D eigenvalue weighted by molar-refractivity contribution is 5.75. The summed E-state index contributed by atoms with van der Waals surface area (Å²) in [5.41, 5.74) is 0. The van der Waals surface area contributed by atoms with Crippen LogP contribution in [0.5, 0.6) is 0 Å². The first-order chi connectivity index (χ1) is 8.34. The predicted octanol–water partition coefficient (Wildman–Crippen LogP) is 2.25. The van der Waals surface area contributed by atoms with Gasteiger partial charge >= 0.3 is 5.97 Å². The van der Waals surface area contributed by atoms with Crippen molar-refractivity contribution in [1.82, 2.24) is 0 Å². The lowest BCUT2D eigenvalue weighted by Gasteiger charge is -2.42. The van der Waals surface area contributed by atoms with Gasteiger partial charge in [-0.15, -0.1) is 0 Å². The van der Waals surface area contributed by atoms with Gasteiger partial charge in [-0.2, -0.15) is 0 Å². The Bertz CT molecular complexity index is 427. The van der Waals surface area contributed by atoms with E-state index < -0.39 is 0 Å². The van der Waals surface area contributed by atoms with Crippen LogP contribution in [-0.4, -0.2) is 12.6 Å². The van der Waals surface area contributed by atoms with E-state index >= 15 is 0 Å². The maximum atomic E-state index is 12.0. The lowest BCUT2D eigenvalue weighted by atomic mass is 9.63. The summed E-state index contributed by atoms with van der Waals surface area (Å²) in [6, 6.07) is 0. The van der Waals surface area contributed by atoms with Crippen molar-refractivity contribution in [3.63, 3.8) is 0 Å². The number of esters is 1. The maximum Gasteiger partial charge on any atom is 0.309 e. The molecule has 2 heteroatoms. The zero-order valence-corrected chi connectivity index (χ0v) is 9.92. The SMILES string of the molecule is O=C1OCCC2C3CC(C12)C1C2C=CC(C2)C31. The summed E-state index contributed by atoms with van der Waals surface area (Å²) in [5, 5.41) is 0. The van der Waals surface area contributed by atoms with E-state index in [0.717, 1.165) is 36.0 Å². The summed E-state index contributed by atoms with van der Waals surface area (Å²) >= 11 is 0. The molecule has 4 bridgehead atoms. The number of fused-ring (bicyclic) bond motifs is 12. The van der Waals surface area contributed by atoms with Gasteiger partial charge in [-0.05, 0) is 60.7 Å². The van der Waals surface area contributed by atoms with Gasteiger partial charge in [0.2, 0.25) is 0 Å². The van der Waals surface area contributed by atoms with Crippen LogP contribution in [0.15, 0.2) is 12.2 Å². The second-order valence-corrected chi connectivity index (χ2v) is 6.81. The molecule has 4 fully saturated rings. The van der Waals surface area contributed by atoms with Crippen molar-refractivity contribution >= 4 is 5.97 Å². The number of hydrogen-bond donors (Lipinski definition) is 0. The molecular formula is C15H18O2. The zero-order chi connectivity index (χ0) is 11.1. The number of carbonyl (C=O) groups excluding carboxylic acids is 1. The van der Waals surface area contributed by atoms with Crippen LogP contribution in [0.1, 0.15) is 19.3 Å². The van der Waals surface area contributed by atoms with Gasteiger partial charge in [-0.25, -0.2) is 0 Å². The van der Waals surface area contributed by atoms with E-state index in [9.17, 15) is 4.79 Å². The van der Waals surface area contributed by atoms with Gasteiger partial charge in [-0.3, -0.25) is 4.79 Å². The normalized spacial score (nSPS) is 61.5. The minimum atomic E-state index is 0.138. The lowest BCUT2D eigenvalue weighted by molar-refractivity contribution is -0.162. The molecule has 5 rings (SSSR count). The summed E-state index contributed by atoms with van der Waals surface area (Å²) in [7, 11) is 0. The first-order valence-electron chi connectivity index (χ1n) is 7.19. The van der Waals surface area contributed by atoms with Crippen molar-refractivity contribution in [3.05, 3.63) is 12.2 Å². The van der Waals surface area contributed by atoms with Gasteiger partial charge in [0.15, 0.2) is 0 Å². The maximum absolute atomic E-state index is 12.0. The van der Waals surface area contributed by atoms with Gasteiger partial charge in [0.1, 0.15) is 0 Å². The number of hydrogen-bond acceptors (Lipinski definition) is 2. The van der Waals surface area contributed by atoms with E-state index in [4.69, 9.17) is 4.74 Å². The molecule has 8 atom stereocenters. The lowest BCUT2D eigenvalue weighted by Crippen LogP contribution is -2.44. The van der Waals surface area contributed by atoms with Crippen LogP contribution < -0.4 is 0 Å². The van der Waals surface area contributed by atoms with Crippen molar-refractivity contribution in [3.8, 4) is 0 Å². The summed E-state index contributed by atoms with van der Waals surface area (Å²) in [4.78, 5) is 12.0. The summed E-state index contributed by atoms with van der Waals surface area (Å²) < 4.78 is 5.32. The van der Waals surface area contributed by atoms with Crippen LogP contribution in [-0.2, 0) is 9.53 Å². The Kier molecular flexibility index (Phi) is 1.50. The van der Waals surface area contributed by atoms with E-state index in [-0.39, 0.29) is 11.9 Å². The Balaban J connectivity index is 1.59. The van der Waals surface area contributed by atoms with E-state index in [1.807, 2.05) is 0 Å². The molecule has 5 aliphatic rings. The molecule has 17 heavy (non-hydrogen) atoms. The van der Waals surface area contributed by atoms with Gasteiger partial charge in [0.05, 0.1) is 12.5 Å². The second kappa shape index (κ2) is 2.78. The van der Waals surface area contributed by atoms with Crippen molar-refractivity contribution in [2.24, 2.45) is 47.3 Å². The third kappa shape index (κ3) is 0.903. The minimum absolute atomic E-state index is 0.138. The Morgan fingerprint density at radius 2 is 1.76 bits per heavy atom. The Morgan fingerprint density at radius 1 is 1.00 bits per heavy atom. The molecule has 2 nitrogen and oxygen atoms in total. The summed E-state index contributed by atoms with van der Waals surface area (Å²) in [5.74, 6) is 6.04. The molecule has 0 aromatic rings. The van der Waals surface area contributed by atoms with Gasteiger partial charge in [-0.1, -0.05) is 12.2 Å². The molecule has 1 aliphatic heterocycles. The van der Waals surface area contributed by atoms with Crippen LogP contribution in [0.4, 0.5) is 0 Å². The number of rotatable bonds is 0. The van der Waals surface area contributed by atoms with Crippen LogP contribution in [0.25, 0.3) is 0 Å². The van der Waals surface area contributed by atoms with Crippen LogP contribution in [0, 0.1) is 47.3 Å².